The van der Waals surface area contributed by atoms with Gasteiger partial charge < -0.3 is 9.57 Å². The average Bonchev–Trinajstić information content (AvgIpc) is 2.80. The lowest BCUT2D eigenvalue weighted by Gasteiger charge is -2.47. The summed E-state index contributed by atoms with van der Waals surface area (Å²) >= 11 is 0. The van der Waals surface area contributed by atoms with Crippen molar-refractivity contribution < 1.29 is 39.9 Å². The van der Waals surface area contributed by atoms with Gasteiger partial charge in [0.05, 0.1) is 28.3 Å². The highest BCUT2D eigenvalue weighted by Crippen LogP contribution is 2.56. The summed E-state index contributed by atoms with van der Waals surface area (Å²) in [6.07, 6.45) is -3.24. The molecule has 2 aromatic carbocycles. The molecule has 1 heterocycles. The molecule has 5 nitrogen and oxygen atoms in total. The molecule has 11 heteroatoms. The highest BCUT2D eigenvalue weighted by Gasteiger charge is 2.59. The molecule has 0 aromatic heterocycles. The maximum Gasteiger partial charge on any atom is 0.416 e. The van der Waals surface area contributed by atoms with Crippen LogP contribution in [0.4, 0.5) is 22.0 Å². The van der Waals surface area contributed by atoms with E-state index in [-0.39, 0.29) is 32.5 Å². The molecule has 34 heavy (non-hydrogen) atoms. The molecule has 1 aliphatic carbocycles. The molecule has 0 spiro atoms. The van der Waals surface area contributed by atoms with E-state index in [1.807, 2.05) is 0 Å². The quantitative estimate of drug-likeness (QED) is 0.238. The van der Waals surface area contributed by atoms with E-state index in [2.05, 4.69) is 11.7 Å². The average molecular weight is 501 g/mol. The second-order valence-electron chi connectivity index (χ2n) is 8.10. The Morgan fingerprint density at radius 1 is 1.15 bits per heavy atom. The molecule has 0 radical (unpaired) electrons. The SMILES string of the molecule is C=CCO/N=C1/CC[C@@]2(S(=O)(=O)c3ccc(C(F)(F)F)cc3)c3c(F)ccc(F)c3OC[C@H]2C1. The van der Waals surface area contributed by atoms with Crippen LogP contribution in [0.15, 0.2) is 59.1 Å². The number of alkyl halides is 3. The van der Waals surface area contributed by atoms with Crippen molar-refractivity contribution in [2.75, 3.05) is 13.2 Å². The smallest absolute Gasteiger partial charge is 0.416 e. The Hall–Kier alpha value is -2.95. The van der Waals surface area contributed by atoms with E-state index >= 15 is 4.39 Å². The lowest BCUT2D eigenvalue weighted by atomic mass is 9.72. The molecule has 0 bridgehead atoms. The number of sulfone groups is 1. The summed E-state index contributed by atoms with van der Waals surface area (Å²) in [5.74, 6) is -3.29. The topological polar surface area (TPSA) is 65.0 Å². The second-order valence-corrected chi connectivity index (χ2v) is 10.3. The van der Waals surface area contributed by atoms with E-state index in [9.17, 15) is 26.0 Å². The maximum absolute atomic E-state index is 15.2. The number of fused-ring (bicyclic) bond motifs is 3. The highest BCUT2D eigenvalue weighted by atomic mass is 32.2. The zero-order chi connectivity index (χ0) is 24.7. The molecular formula is C23H20F5NO4S. The molecule has 1 aliphatic heterocycles. The van der Waals surface area contributed by atoms with Crippen molar-refractivity contribution >= 4 is 15.5 Å². The second kappa shape index (κ2) is 8.68. The van der Waals surface area contributed by atoms with Gasteiger partial charge in [0.2, 0.25) is 0 Å². The van der Waals surface area contributed by atoms with Crippen molar-refractivity contribution in [3.05, 3.63) is 71.8 Å². The fraction of sp³-hybridized carbons (Fsp3) is 0.348. The molecule has 1 fully saturated rings. The first-order chi connectivity index (χ1) is 16.0. The number of nitrogens with zero attached hydrogens (tertiary/aromatic N) is 1. The first-order valence-electron chi connectivity index (χ1n) is 10.3. The van der Waals surface area contributed by atoms with Crippen molar-refractivity contribution in [2.24, 2.45) is 11.1 Å². The van der Waals surface area contributed by atoms with Gasteiger partial charge in [0.25, 0.3) is 0 Å². The monoisotopic (exact) mass is 501 g/mol. The van der Waals surface area contributed by atoms with Crippen LogP contribution in [0.25, 0.3) is 0 Å². The molecule has 0 N–H and O–H groups in total. The van der Waals surface area contributed by atoms with Crippen LogP contribution in [0.5, 0.6) is 5.75 Å². The Labute approximate surface area is 192 Å². The van der Waals surface area contributed by atoms with E-state index in [1.165, 1.54) is 6.08 Å². The van der Waals surface area contributed by atoms with Crippen LogP contribution in [0.1, 0.15) is 30.4 Å². The Morgan fingerprint density at radius 3 is 2.47 bits per heavy atom. The molecule has 0 amide bonds. The van der Waals surface area contributed by atoms with Crippen molar-refractivity contribution in [3.63, 3.8) is 0 Å². The summed E-state index contributed by atoms with van der Waals surface area (Å²) in [4.78, 5) is 4.68. The molecule has 2 atom stereocenters. The number of halogens is 5. The number of rotatable bonds is 5. The minimum Gasteiger partial charge on any atom is -0.490 e. The Balaban J connectivity index is 1.88. The minimum atomic E-state index is -4.66. The van der Waals surface area contributed by atoms with E-state index in [1.54, 1.807) is 0 Å². The highest BCUT2D eigenvalue weighted by molar-refractivity contribution is 7.92. The first-order valence-corrected chi connectivity index (χ1v) is 11.8. The summed E-state index contributed by atoms with van der Waals surface area (Å²) < 4.78 is 100. The number of hydrogen-bond acceptors (Lipinski definition) is 5. The molecule has 0 unspecified atom stereocenters. The molecular weight excluding hydrogens is 481 g/mol. The third-order valence-electron chi connectivity index (χ3n) is 6.19. The van der Waals surface area contributed by atoms with Crippen LogP contribution < -0.4 is 4.74 Å². The normalized spacial score (nSPS) is 23.6. The van der Waals surface area contributed by atoms with Gasteiger partial charge in [-0.05, 0) is 55.7 Å². The van der Waals surface area contributed by atoms with E-state index in [0.29, 0.717) is 17.8 Å². The summed E-state index contributed by atoms with van der Waals surface area (Å²) in [7, 11) is -4.51. The molecule has 1 saturated carbocycles. The Bertz CT molecular complexity index is 1240. The fourth-order valence-electron chi connectivity index (χ4n) is 4.65. The third kappa shape index (κ3) is 3.85. The van der Waals surface area contributed by atoms with Gasteiger partial charge in [-0.25, -0.2) is 17.2 Å². The zero-order valence-electron chi connectivity index (χ0n) is 17.7. The third-order valence-corrected chi connectivity index (χ3v) is 8.79. The van der Waals surface area contributed by atoms with Crippen molar-refractivity contribution in [1.82, 2.24) is 0 Å². The predicted molar refractivity (Wildman–Crippen MR) is 113 cm³/mol. The molecule has 182 valence electrons. The zero-order valence-corrected chi connectivity index (χ0v) is 18.6. The Morgan fingerprint density at radius 2 is 1.82 bits per heavy atom. The van der Waals surface area contributed by atoms with Gasteiger partial charge >= 0.3 is 6.18 Å². The number of ether oxygens (including phenoxy) is 1. The standard InChI is InChI=1S/C23H20F5NO4S/c1-2-11-33-29-16-9-10-22(34(30,31)17-5-3-14(4-6-17)23(26,27)28)15(12-16)13-32-21-19(25)8-7-18(24)20(21)22/h2-8,15H,1,9-13H2/b29-16-/t15-,22+/m1/s1. The summed E-state index contributed by atoms with van der Waals surface area (Å²) in [6, 6.07) is 4.64. The number of oxime groups is 1. The van der Waals surface area contributed by atoms with Crippen LogP contribution >= 0.6 is 0 Å². The van der Waals surface area contributed by atoms with Gasteiger partial charge in [0.15, 0.2) is 21.4 Å². The van der Waals surface area contributed by atoms with Crippen LogP contribution in [0.3, 0.4) is 0 Å². The van der Waals surface area contributed by atoms with Gasteiger partial charge in [-0.15, -0.1) is 0 Å². The summed E-state index contributed by atoms with van der Waals surface area (Å²) in [5.41, 5.74) is -0.966. The lowest BCUT2D eigenvalue weighted by molar-refractivity contribution is -0.137. The molecule has 2 aromatic rings. The number of benzene rings is 2. The molecule has 2 aliphatic rings. The Kier molecular flexibility index (Phi) is 6.17. The van der Waals surface area contributed by atoms with Gasteiger partial charge in [0, 0.05) is 5.92 Å². The van der Waals surface area contributed by atoms with Gasteiger partial charge in [-0.3, -0.25) is 0 Å². The van der Waals surface area contributed by atoms with Crippen LogP contribution in [-0.4, -0.2) is 27.3 Å². The molecule has 0 saturated heterocycles. The summed E-state index contributed by atoms with van der Waals surface area (Å²) in [5, 5.41) is 3.99. The van der Waals surface area contributed by atoms with E-state index in [4.69, 9.17) is 9.57 Å². The van der Waals surface area contributed by atoms with Gasteiger partial charge in [0.1, 0.15) is 17.2 Å². The van der Waals surface area contributed by atoms with Crippen LogP contribution in [0, 0.1) is 17.6 Å². The lowest BCUT2D eigenvalue weighted by Crippen LogP contribution is -2.52. The maximum atomic E-state index is 15.2. The van der Waals surface area contributed by atoms with Crippen molar-refractivity contribution in [1.29, 1.82) is 0 Å². The van der Waals surface area contributed by atoms with Crippen LogP contribution in [-0.2, 0) is 25.6 Å². The van der Waals surface area contributed by atoms with Crippen molar-refractivity contribution in [3.8, 4) is 5.75 Å². The largest absolute Gasteiger partial charge is 0.490 e. The van der Waals surface area contributed by atoms with Crippen LogP contribution in [0.2, 0.25) is 0 Å². The molecule has 4 rings (SSSR count). The first kappa shape index (κ1) is 24.2. The van der Waals surface area contributed by atoms with E-state index < -0.39 is 60.1 Å². The van der Waals surface area contributed by atoms with Gasteiger partial charge in [-0.2, -0.15) is 13.2 Å². The van der Waals surface area contributed by atoms with Crippen molar-refractivity contribution in [2.45, 2.75) is 35.1 Å². The van der Waals surface area contributed by atoms with E-state index in [0.717, 1.165) is 24.3 Å². The number of hydrogen-bond donors (Lipinski definition) is 0. The predicted octanol–water partition coefficient (Wildman–Crippen LogP) is 5.40. The van der Waals surface area contributed by atoms with Gasteiger partial charge in [-0.1, -0.05) is 17.8 Å². The minimum absolute atomic E-state index is 0.0480. The summed E-state index contributed by atoms with van der Waals surface area (Å²) in [6.45, 7) is 3.38. The fourth-order valence-corrected chi connectivity index (χ4v) is 6.98.